The average molecular weight is 348 g/mol. The second kappa shape index (κ2) is 8.54. The summed E-state index contributed by atoms with van der Waals surface area (Å²) in [5.74, 6) is 0.689. The van der Waals surface area contributed by atoms with Gasteiger partial charge in [-0.05, 0) is 50.3 Å². The minimum Gasteiger partial charge on any atom is -0.489 e. The van der Waals surface area contributed by atoms with Gasteiger partial charge in [-0.1, -0.05) is 6.07 Å². The number of carbonyl (C=O) groups is 1. The smallest absolute Gasteiger partial charge is 0.321 e. The van der Waals surface area contributed by atoms with E-state index < -0.39 is 0 Å². The number of ether oxygens (including phenoxy) is 3. The van der Waals surface area contributed by atoms with E-state index >= 15 is 0 Å². The Morgan fingerprint density at radius 3 is 2.64 bits per heavy atom. The molecule has 6 heteroatoms. The normalized spacial score (nSPS) is 22.8. The third-order valence-electron chi connectivity index (χ3n) is 4.68. The average Bonchev–Trinajstić information content (AvgIpc) is 3.28. The van der Waals surface area contributed by atoms with E-state index in [0.29, 0.717) is 24.6 Å². The van der Waals surface area contributed by atoms with Gasteiger partial charge in [-0.25, -0.2) is 4.79 Å². The predicted octanol–water partition coefficient (Wildman–Crippen LogP) is 3.20. The van der Waals surface area contributed by atoms with Crippen LogP contribution in [0.1, 0.15) is 31.2 Å². The summed E-state index contributed by atoms with van der Waals surface area (Å²) in [4.78, 5) is 14.1. The summed E-state index contributed by atoms with van der Waals surface area (Å²) in [5, 5.41) is 2.95. The molecule has 1 N–H and O–H groups in total. The Morgan fingerprint density at radius 1 is 1.24 bits per heavy atom. The molecule has 1 aromatic carbocycles. The summed E-state index contributed by atoms with van der Waals surface area (Å²) in [6.07, 6.45) is 4.48. The molecule has 2 heterocycles. The van der Waals surface area contributed by atoms with Crippen LogP contribution in [0, 0.1) is 6.92 Å². The summed E-state index contributed by atoms with van der Waals surface area (Å²) in [7, 11) is 1.79. The van der Waals surface area contributed by atoms with Crippen LogP contribution in [0.4, 0.5) is 10.5 Å². The van der Waals surface area contributed by atoms with Gasteiger partial charge in [0.2, 0.25) is 0 Å². The maximum atomic E-state index is 12.5. The van der Waals surface area contributed by atoms with E-state index in [1.807, 2.05) is 25.1 Å². The molecule has 2 atom stereocenters. The van der Waals surface area contributed by atoms with Gasteiger partial charge in [0.15, 0.2) is 0 Å². The molecule has 2 aliphatic rings. The number of nitrogens with zero attached hydrogens (tertiary/aromatic N) is 1. The SMILES string of the molecule is Cc1ccc(NC(=O)N(C)CC2CCCO2)c(OCC2CCCO2)c1. The highest BCUT2D eigenvalue weighted by Crippen LogP contribution is 2.27. The first-order chi connectivity index (χ1) is 12.1. The van der Waals surface area contributed by atoms with E-state index in [9.17, 15) is 4.79 Å². The third kappa shape index (κ3) is 5.09. The Hall–Kier alpha value is -1.79. The Labute approximate surface area is 149 Å². The van der Waals surface area contributed by atoms with Crippen molar-refractivity contribution in [3.8, 4) is 5.75 Å². The van der Waals surface area contributed by atoms with Crippen LogP contribution in [-0.2, 0) is 9.47 Å². The van der Waals surface area contributed by atoms with E-state index in [4.69, 9.17) is 14.2 Å². The number of amides is 2. The second-order valence-corrected chi connectivity index (χ2v) is 6.89. The number of carbonyl (C=O) groups excluding carboxylic acids is 1. The van der Waals surface area contributed by atoms with E-state index in [1.165, 1.54) is 0 Å². The molecule has 6 nitrogen and oxygen atoms in total. The zero-order valence-corrected chi connectivity index (χ0v) is 15.1. The van der Waals surface area contributed by atoms with Crippen LogP contribution in [0.5, 0.6) is 5.75 Å². The molecule has 1 aromatic rings. The maximum Gasteiger partial charge on any atom is 0.321 e. The summed E-state index contributed by atoms with van der Waals surface area (Å²) < 4.78 is 17.1. The lowest BCUT2D eigenvalue weighted by Gasteiger charge is -2.22. The molecule has 2 aliphatic heterocycles. The first-order valence-corrected chi connectivity index (χ1v) is 9.10. The van der Waals surface area contributed by atoms with Gasteiger partial charge in [0, 0.05) is 26.8 Å². The molecule has 138 valence electrons. The number of anilines is 1. The van der Waals surface area contributed by atoms with Crippen LogP contribution < -0.4 is 10.1 Å². The highest BCUT2D eigenvalue weighted by Gasteiger charge is 2.21. The molecule has 3 rings (SSSR count). The maximum absolute atomic E-state index is 12.5. The molecule has 0 spiro atoms. The van der Waals surface area contributed by atoms with E-state index in [1.54, 1.807) is 11.9 Å². The van der Waals surface area contributed by atoms with Gasteiger partial charge in [0.25, 0.3) is 0 Å². The van der Waals surface area contributed by atoms with Gasteiger partial charge < -0.3 is 24.4 Å². The number of rotatable bonds is 6. The molecule has 0 aliphatic carbocycles. The third-order valence-corrected chi connectivity index (χ3v) is 4.68. The van der Waals surface area contributed by atoms with Crippen LogP contribution >= 0.6 is 0 Å². The fourth-order valence-corrected chi connectivity index (χ4v) is 3.20. The van der Waals surface area contributed by atoms with E-state index in [2.05, 4.69) is 5.32 Å². The van der Waals surface area contributed by atoms with Crippen LogP contribution in [0.3, 0.4) is 0 Å². The molecular weight excluding hydrogens is 320 g/mol. The van der Waals surface area contributed by atoms with Gasteiger partial charge in [-0.3, -0.25) is 0 Å². The summed E-state index contributed by atoms with van der Waals surface area (Å²) in [5.41, 5.74) is 1.78. The van der Waals surface area contributed by atoms with Crippen molar-refractivity contribution in [3.63, 3.8) is 0 Å². The van der Waals surface area contributed by atoms with Gasteiger partial charge in [-0.2, -0.15) is 0 Å². The van der Waals surface area contributed by atoms with Gasteiger partial charge in [-0.15, -0.1) is 0 Å². The molecule has 25 heavy (non-hydrogen) atoms. The number of likely N-dealkylation sites (N-methyl/N-ethyl adjacent to an activating group) is 1. The standard InChI is InChI=1S/C19H28N2O4/c1-14-7-8-17(18(11-14)25-13-16-6-4-10-24-16)20-19(22)21(2)12-15-5-3-9-23-15/h7-8,11,15-16H,3-6,9-10,12-13H2,1-2H3,(H,20,22). The van der Waals surface area contributed by atoms with Crippen LogP contribution in [0.25, 0.3) is 0 Å². The summed E-state index contributed by atoms with van der Waals surface area (Å²) in [6, 6.07) is 5.65. The lowest BCUT2D eigenvalue weighted by atomic mass is 10.2. The first kappa shape index (κ1) is 18.0. The van der Waals surface area contributed by atoms with Crippen molar-refractivity contribution in [2.75, 3.05) is 38.7 Å². The van der Waals surface area contributed by atoms with Crippen molar-refractivity contribution in [1.29, 1.82) is 0 Å². The molecule has 2 amide bonds. The van der Waals surface area contributed by atoms with Crippen molar-refractivity contribution < 1.29 is 19.0 Å². The number of urea groups is 1. The van der Waals surface area contributed by atoms with Crippen molar-refractivity contribution >= 4 is 11.7 Å². The van der Waals surface area contributed by atoms with Crippen LogP contribution in [-0.4, -0.2) is 56.6 Å². The van der Waals surface area contributed by atoms with Crippen LogP contribution in [0.15, 0.2) is 18.2 Å². The molecule has 0 aromatic heterocycles. The number of aryl methyl sites for hydroxylation is 1. The fourth-order valence-electron chi connectivity index (χ4n) is 3.20. The molecule has 2 fully saturated rings. The Kier molecular flexibility index (Phi) is 6.15. The van der Waals surface area contributed by atoms with Gasteiger partial charge >= 0.3 is 6.03 Å². The Balaban J connectivity index is 1.58. The van der Waals surface area contributed by atoms with Gasteiger partial charge in [0.1, 0.15) is 12.4 Å². The fraction of sp³-hybridized carbons (Fsp3) is 0.632. The van der Waals surface area contributed by atoms with E-state index in [-0.39, 0.29) is 18.2 Å². The Morgan fingerprint density at radius 2 is 1.96 bits per heavy atom. The van der Waals surface area contributed by atoms with Crippen LogP contribution in [0.2, 0.25) is 0 Å². The molecule has 0 radical (unpaired) electrons. The zero-order chi connectivity index (χ0) is 17.6. The molecule has 2 saturated heterocycles. The molecule has 0 saturated carbocycles. The monoisotopic (exact) mass is 348 g/mol. The van der Waals surface area contributed by atoms with Gasteiger partial charge in [0.05, 0.1) is 17.9 Å². The largest absolute Gasteiger partial charge is 0.489 e. The van der Waals surface area contributed by atoms with E-state index in [0.717, 1.165) is 44.5 Å². The Bertz CT molecular complexity index is 581. The summed E-state index contributed by atoms with van der Waals surface area (Å²) >= 11 is 0. The summed E-state index contributed by atoms with van der Waals surface area (Å²) in [6.45, 7) is 4.72. The highest BCUT2D eigenvalue weighted by atomic mass is 16.5. The first-order valence-electron chi connectivity index (χ1n) is 9.10. The second-order valence-electron chi connectivity index (χ2n) is 6.89. The zero-order valence-electron chi connectivity index (χ0n) is 15.1. The molecule has 0 bridgehead atoms. The topological polar surface area (TPSA) is 60.0 Å². The lowest BCUT2D eigenvalue weighted by molar-refractivity contribution is 0.0681. The minimum atomic E-state index is -0.152. The number of nitrogens with one attached hydrogen (secondary N) is 1. The lowest BCUT2D eigenvalue weighted by Crippen LogP contribution is -2.37. The molecular formula is C19H28N2O4. The number of benzene rings is 1. The minimum absolute atomic E-state index is 0.143. The van der Waals surface area contributed by atoms with Crippen molar-refractivity contribution in [2.45, 2.75) is 44.8 Å². The quantitative estimate of drug-likeness (QED) is 0.858. The van der Waals surface area contributed by atoms with Crippen molar-refractivity contribution in [2.24, 2.45) is 0 Å². The number of hydrogen-bond donors (Lipinski definition) is 1. The highest BCUT2D eigenvalue weighted by molar-refractivity contribution is 5.90. The molecule has 2 unspecified atom stereocenters. The van der Waals surface area contributed by atoms with Crippen molar-refractivity contribution in [1.82, 2.24) is 4.90 Å². The predicted molar refractivity (Wildman–Crippen MR) is 96.3 cm³/mol. The van der Waals surface area contributed by atoms with Crippen molar-refractivity contribution in [3.05, 3.63) is 23.8 Å². The number of hydrogen-bond acceptors (Lipinski definition) is 4.